The Balaban J connectivity index is 2.91. The van der Waals surface area contributed by atoms with Gasteiger partial charge in [0.05, 0.1) is 6.61 Å². The minimum atomic E-state index is -1.03. The number of rotatable bonds is 2. The lowest BCUT2D eigenvalue weighted by atomic mass is 9.83. The lowest BCUT2D eigenvalue weighted by molar-refractivity contribution is -0.150. The molecule has 2 N–H and O–H groups in total. The van der Waals surface area contributed by atoms with Crippen LogP contribution in [0.15, 0.2) is 0 Å². The molecule has 1 aliphatic heterocycles. The minimum Gasteiger partial charge on any atom is -0.465 e. The molecule has 11 heavy (non-hydrogen) atoms. The standard InChI is InChI=1S/C7H11NO3/c1-5(9)7(4-8)2-3-11-6(7)10/h2-4,8H2,1H3. The first-order chi connectivity index (χ1) is 5.13. The number of esters is 1. The van der Waals surface area contributed by atoms with E-state index in [1.165, 1.54) is 6.92 Å². The van der Waals surface area contributed by atoms with Gasteiger partial charge < -0.3 is 10.5 Å². The zero-order valence-corrected chi connectivity index (χ0v) is 6.42. The number of carbonyl (C=O) groups excluding carboxylic acids is 2. The van der Waals surface area contributed by atoms with Gasteiger partial charge in [0.2, 0.25) is 0 Å². The van der Waals surface area contributed by atoms with E-state index in [1.54, 1.807) is 0 Å². The van der Waals surface area contributed by atoms with E-state index in [-0.39, 0.29) is 12.3 Å². The first kappa shape index (κ1) is 8.20. The monoisotopic (exact) mass is 157 g/mol. The van der Waals surface area contributed by atoms with E-state index in [0.717, 1.165) is 0 Å². The smallest absolute Gasteiger partial charge is 0.321 e. The van der Waals surface area contributed by atoms with Crippen molar-refractivity contribution in [3.05, 3.63) is 0 Å². The number of ketones is 1. The number of hydrogen-bond donors (Lipinski definition) is 1. The van der Waals surface area contributed by atoms with Crippen LogP contribution in [0.3, 0.4) is 0 Å². The van der Waals surface area contributed by atoms with Crippen LogP contribution in [0.5, 0.6) is 0 Å². The van der Waals surface area contributed by atoms with Gasteiger partial charge in [-0.15, -0.1) is 0 Å². The lowest BCUT2D eigenvalue weighted by Crippen LogP contribution is -2.41. The number of nitrogens with two attached hydrogens (primary N) is 1. The predicted molar refractivity (Wildman–Crippen MR) is 37.7 cm³/mol. The molecule has 0 bridgehead atoms. The topological polar surface area (TPSA) is 69.4 Å². The van der Waals surface area contributed by atoms with Crippen LogP contribution in [0.2, 0.25) is 0 Å². The van der Waals surface area contributed by atoms with E-state index in [2.05, 4.69) is 4.74 Å². The molecule has 0 aliphatic carbocycles. The van der Waals surface area contributed by atoms with Crippen molar-refractivity contribution >= 4 is 11.8 Å². The summed E-state index contributed by atoms with van der Waals surface area (Å²) in [6.07, 6.45) is 0.428. The Morgan fingerprint density at radius 1 is 1.82 bits per heavy atom. The van der Waals surface area contributed by atoms with E-state index < -0.39 is 11.4 Å². The number of cyclic esters (lactones) is 1. The van der Waals surface area contributed by atoms with Crippen LogP contribution in [0.4, 0.5) is 0 Å². The molecule has 0 aromatic carbocycles. The summed E-state index contributed by atoms with van der Waals surface area (Å²) >= 11 is 0. The molecule has 1 atom stereocenters. The van der Waals surface area contributed by atoms with Crippen molar-refractivity contribution in [3.63, 3.8) is 0 Å². The van der Waals surface area contributed by atoms with Crippen LogP contribution in [-0.4, -0.2) is 24.9 Å². The summed E-state index contributed by atoms with van der Waals surface area (Å²) in [5, 5.41) is 0. The first-order valence-corrected chi connectivity index (χ1v) is 3.52. The molecule has 0 radical (unpaired) electrons. The highest BCUT2D eigenvalue weighted by atomic mass is 16.5. The van der Waals surface area contributed by atoms with Gasteiger partial charge in [-0.1, -0.05) is 0 Å². The van der Waals surface area contributed by atoms with E-state index in [9.17, 15) is 9.59 Å². The van der Waals surface area contributed by atoms with Crippen molar-refractivity contribution in [2.45, 2.75) is 13.3 Å². The van der Waals surface area contributed by atoms with Crippen molar-refractivity contribution in [1.82, 2.24) is 0 Å². The molecule has 1 rings (SSSR count). The zero-order valence-electron chi connectivity index (χ0n) is 6.42. The largest absolute Gasteiger partial charge is 0.465 e. The Kier molecular flexibility index (Phi) is 1.95. The van der Waals surface area contributed by atoms with Gasteiger partial charge in [0.25, 0.3) is 0 Å². The fourth-order valence-corrected chi connectivity index (χ4v) is 1.21. The average molecular weight is 157 g/mol. The van der Waals surface area contributed by atoms with Gasteiger partial charge in [-0.05, 0) is 6.92 Å². The second kappa shape index (κ2) is 2.62. The van der Waals surface area contributed by atoms with Crippen LogP contribution in [0, 0.1) is 5.41 Å². The number of hydrogen-bond acceptors (Lipinski definition) is 4. The fourth-order valence-electron chi connectivity index (χ4n) is 1.21. The Morgan fingerprint density at radius 2 is 2.45 bits per heavy atom. The maximum Gasteiger partial charge on any atom is 0.321 e. The third-order valence-electron chi connectivity index (χ3n) is 2.18. The molecular formula is C7H11NO3. The van der Waals surface area contributed by atoms with Crippen molar-refractivity contribution in [2.24, 2.45) is 11.1 Å². The summed E-state index contributed by atoms with van der Waals surface area (Å²) in [6, 6.07) is 0. The Hall–Kier alpha value is -0.900. The Labute approximate surface area is 64.7 Å². The molecule has 62 valence electrons. The lowest BCUT2D eigenvalue weighted by Gasteiger charge is -2.17. The van der Waals surface area contributed by atoms with Gasteiger partial charge in [-0.3, -0.25) is 9.59 Å². The average Bonchev–Trinajstić information content (AvgIpc) is 2.32. The highest BCUT2D eigenvalue weighted by Crippen LogP contribution is 2.29. The van der Waals surface area contributed by atoms with Crippen LogP contribution in [0.25, 0.3) is 0 Å². The molecule has 1 unspecified atom stereocenters. The van der Waals surface area contributed by atoms with E-state index in [1.807, 2.05) is 0 Å². The SMILES string of the molecule is CC(=O)C1(CN)CCOC1=O. The second-order valence-electron chi connectivity index (χ2n) is 2.73. The Morgan fingerprint density at radius 3 is 2.64 bits per heavy atom. The van der Waals surface area contributed by atoms with Crippen molar-refractivity contribution in [1.29, 1.82) is 0 Å². The maximum absolute atomic E-state index is 11.0. The van der Waals surface area contributed by atoms with Crippen molar-refractivity contribution < 1.29 is 14.3 Å². The van der Waals surface area contributed by atoms with Crippen LogP contribution in [0.1, 0.15) is 13.3 Å². The predicted octanol–water partition coefficient (Wildman–Crippen LogP) is -0.533. The summed E-state index contributed by atoms with van der Waals surface area (Å²) < 4.78 is 4.68. The molecule has 0 aromatic rings. The highest BCUT2D eigenvalue weighted by Gasteiger charge is 2.47. The minimum absolute atomic E-state index is 0.0567. The normalized spacial score (nSPS) is 30.2. The third kappa shape index (κ3) is 1.03. The van der Waals surface area contributed by atoms with Crippen LogP contribution in [-0.2, 0) is 14.3 Å². The van der Waals surface area contributed by atoms with Crippen LogP contribution < -0.4 is 5.73 Å². The van der Waals surface area contributed by atoms with Gasteiger partial charge in [-0.2, -0.15) is 0 Å². The molecule has 4 nitrogen and oxygen atoms in total. The van der Waals surface area contributed by atoms with Crippen LogP contribution >= 0.6 is 0 Å². The molecule has 1 aliphatic rings. The molecule has 0 amide bonds. The molecule has 0 aromatic heterocycles. The van der Waals surface area contributed by atoms with Crippen molar-refractivity contribution in [3.8, 4) is 0 Å². The van der Waals surface area contributed by atoms with Gasteiger partial charge in [0.15, 0.2) is 0 Å². The van der Waals surface area contributed by atoms with E-state index in [4.69, 9.17) is 5.73 Å². The third-order valence-corrected chi connectivity index (χ3v) is 2.18. The molecule has 1 heterocycles. The molecule has 4 heteroatoms. The summed E-state index contributed by atoms with van der Waals surface area (Å²) in [5.74, 6) is -0.657. The van der Waals surface area contributed by atoms with Gasteiger partial charge in [-0.25, -0.2) is 0 Å². The maximum atomic E-state index is 11.0. The number of ether oxygens (including phenoxy) is 1. The summed E-state index contributed by atoms with van der Waals surface area (Å²) in [7, 11) is 0. The van der Waals surface area contributed by atoms with Crippen molar-refractivity contribution in [2.75, 3.05) is 13.2 Å². The van der Waals surface area contributed by atoms with E-state index in [0.29, 0.717) is 13.0 Å². The molecular weight excluding hydrogens is 146 g/mol. The summed E-state index contributed by atoms with van der Waals surface area (Å²) in [4.78, 5) is 22.1. The number of carbonyl (C=O) groups is 2. The van der Waals surface area contributed by atoms with Gasteiger partial charge in [0, 0.05) is 13.0 Å². The quantitative estimate of drug-likeness (QED) is 0.432. The molecule has 1 fully saturated rings. The zero-order chi connectivity index (χ0) is 8.48. The fraction of sp³-hybridized carbons (Fsp3) is 0.714. The van der Waals surface area contributed by atoms with Gasteiger partial charge in [0.1, 0.15) is 11.2 Å². The molecule has 0 spiro atoms. The Bertz CT molecular complexity index is 202. The first-order valence-electron chi connectivity index (χ1n) is 3.52. The summed E-state index contributed by atoms with van der Waals surface area (Å²) in [6.45, 7) is 1.75. The highest BCUT2D eigenvalue weighted by molar-refractivity contribution is 6.04. The molecule has 0 saturated carbocycles. The second-order valence-corrected chi connectivity index (χ2v) is 2.73. The van der Waals surface area contributed by atoms with Gasteiger partial charge >= 0.3 is 5.97 Å². The number of Topliss-reactive ketones (excluding diaryl/α,β-unsaturated/α-hetero) is 1. The summed E-state index contributed by atoms with van der Waals surface area (Å²) in [5.41, 5.74) is 4.31. The molecule has 1 saturated heterocycles. The van der Waals surface area contributed by atoms with E-state index >= 15 is 0 Å².